The highest BCUT2D eigenvalue weighted by atomic mass is 32.1. The van der Waals surface area contributed by atoms with Crippen molar-refractivity contribution < 1.29 is 9.59 Å². The third-order valence-electron chi connectivity index (χ3n) is 5.69. The Morgan fingerprint density at radius 1 is 0.757 bits per heavy atom. The Balaban J connectivity index is 3.77. The molecular weight excluding hydrogens is 490 g/mol. The van der Waals surface area contributed by atoms with Crippen LogP contribution in [0.4, 0.5) is 0 Å². The van der Waals surface area contributed by atoms with Crippen molar-refractivity contribution in [1.29, 1.82) is 0 Å². The van der Waals surface area contributed by atoms with Crippen molar-refractivity contribution in [2.45, 2.75) is 46.0 Å². The largest absolute Gasteiger partial charge is 0.356 e. The summed E-state index contributed by atoms with van der Waals surface area (Å²) in [5.41, 5.74) is 5.64. The van der Waals surface area contributed by atoms with E-state index in [0.29, 0.717) is 45.4 Å². The number of hydrogen-bond acceptors (Lipinski definition) is 10. The van der Waals surface area contributed by atoms with Gasteiger partial charge in [0.15, 0.2) is 0 Å². The Hall–Kier alpha value is -1.50. The molecule has 9 N–H and O–H groups in total. The molecule has 0 spiro atoms. The van der Waals surface area contributed by atoms with E-state index >= 15 is 0 Å². The quantitative estimate of drug-likeness (QED) is 0.0378. The van der Waals surface area contributed by atoms with E-state index in [1.165, 1.54) is 0 Å². The Morgan fingerprint density at radius 3 is 1.89 bits per heavy atom. The first-order chi connectivity index (χ1) is 18.0. The molecule has 11 nitrogen and oxygen atoms in total. The first-order valence-corrected chi connectivity index (χ1v) is 14.2. The zero-order valence-corrected chi connectivity index (χ0v) is 24.0. The van der Waals surface area contributed by atoms with Gasteiger partial charge in [0.05, 0.1) is 11.7 Å². The first kappa shape index (κ1) is 35.5. The maximum Gasteiger partial charge on any atom is 0.220 e. The third-order valence-corrected chi connectivity index (χ3v) is 5.81. The molecule has 0 aromatic rings. The number of amides is 2. The van der Waals surface area contributed by atoms with Gasteiger partial charge in [-0.15, -0.1) is 0 Å². The molecule has 0 fully saturated rings. The molecule has 1 atom stereocenters. The van der Waals surface area contributed by atoms with Crippen LogP contribution in [0.5, 0.6) is 0 Å². The van der Waals surface area contributed by atoms with Gasteiger partial charge in [-0.1, -0.05) is 13.8 Å². The molecule has 0 heterocycles. The zero-order valence-electron chi connectivity index (χ0n) is 23.2. The second-order valence-electron chi connectivity index (χ2n) is 9.47. The first-order valence-electron chi connectivity index (χ1n) is 13.8. The lowest BCUT2D eigenvalue weighted by Gasteiger charge is -2.31. The summed E-state index contributed by atoms with van der Waals surface area (Å²) in [6.45, 7) is 15.9. The van der Waals surface area contributed by atoms with Crippen LogP contribution in [-0.2, 0) is 9.59 Å². The molecule has 0 aromatic heterocycles. The number of carbonyl (C=O) groups excluding carboxylic acids is 2. The molecule has 0 aromatic carbocycles. The summed E-state index contributed by atoms with van der Waals surface area (Å²) in [4.78, 5) is 27.5. The van der Waals surface area contributed by atoms with E-state index in [-0.39, 0.29) is 17.2 Å². The van der Waals surface area contributed by atoms with Crippen molar-refractivity contribution in [3.8, 4) is 0 Å². The van der Waals surface area contributed by atoms with Gasteiger partial charge in [-0.25, -0.2) is 4.99 Å². The van der Waals surface area contributed by atoms with Crippen LogP contribution in [-0.4, -0.2) is 109 Å². The minimum atomic E-state index is -0.0408. The Labute approximate surface area is 229 Å². The lowest BCUT2D eigenvalue weighted by Crippen LogP contribution is -2.48. The standard InChI is InChI=1S/C25H53N9O2S/c1-3-27-19-25(2,20-30-15-13-28-10-5-9-26)21-31-16-14-29-17-18-34-24(36)8-4-7-23(35)33-12-6-11-32-22-37/h27-31H,3-21,26H2,1-2H3,(H,33,35)(H,34,36)/t25-/m0/s1. The average molecular weight is 544 g/mol. The van der Waals surface area contributed by atoms with Crippen LogP contribution in [0.25, 0.3) is 0 Å². The molecule has 0 rings (SSSR count). The monoisotopic (exact) mass is 543 g/mol. The smallest absolute Gasteiger partial charge is 0.220 e. The number of aliphatic imine (C=N–C) groups is 1. The highest BCUT2D eigenvalue weighted by Gasteiger charge is 2.22. The van der Waals surface area contributed by atoms with E-state index < -0.39 is 0 Å². The number of hydrogen-bond donors (Lipinski definition) is 8. The number of rotatable bonds is 27. The second-order valence-corrected chi connectivity index (χ2v) is 9.65. The normalized spacial score (nSPS) is 12.5. The minimum Gasteiger partial charge on any atom is -0.356 e. The number of thiocarbonyl (C=S) groups is 1. The van der Waals surface area contributed by atoms with Gasteiger partial charge in [0.25, 0.3) is 0 Å². The fourth-order valence-electron chi connectivity index (χ4n) is 3.53. The van der Waals surface area contributed by atoms with Crippen molar-refractivity contribution in [1.82, 2.24) is 37.2 Å². The van der Waals surface area contributed by atoms with Gasteiger partial charge >= 0.3 is 0 Å². The summed E-state index contributed by atoms with van der Waals surface area (Å²) >= 11 is 4.49. The fraction of sp³-hybridized carbons (Fsp3) is 0.880. The summed E-state index contributed by atoms with van der Waals surface area (Å²) in [6.07, 6.45) is 2.99. The lowest BCUT2D eigenvalue weighted by molar-refractivity contribution is -0.122. The van der Waals surface area contributed by atoms with E-state index in [4.69, 9.17) is 5.73 Å². The van der Waals surface area contributed by atoms with Crippen LogP contribution in [0.15, 0.2) is 4.99 Å². The van der Waals surface area contributed by atoms with Crippen LogP contribution < -0.4 is 43.0 Å². The number of isothiocyanates is 1. The molecule has 0 aliphatic carbocycles. The van der Waals surface area contributed by atoms with Crippen LogP contribution >= 0.6 is 12.2 Å². The lowest BCUT2D eigenvalue weighted by atomic mass is 9.90. The maximum absolute atomic E-state index is 11.9. The molecule has 0 saturated heterocycles. The van der Waals surface area contributed by atoms with E-state index in [1.54, 1.807) is 0 Å². The third kappa shape index (κ3) is 24.6. The van der Waals surface area contributed by atoms with Gasteiger partial charge in [-0.2, -0.15) is 0 Å². The summed E-state index contributed by atoms with van der Waals surface area (Å²) in [7, 11) is 0. The van der Waals surface area contributed by atoms with Crippen LogP contribution in [0, 0.1) is 5.41 Å². The fourth-order valence-corrected chi connectivity index (χ4v) is 3.62. The molecule has 0 saturated carbocycles. The predicted octanol–water partition coefficient (Wildman–Crippen LogP) is -0.795. The van der Waals surface area contributed by atoms with Gasteiger partial charge in [-0.05, 0) is 51.1 Å². The molecule has 0 radical (unpaired) electrons. The van der Waals surface area contributed by atoms with Gasteiger partial charge in [0.1, 0.15) is 0 Å². The highest BCUT2D eigenvalue weighted by molar-refractivity contribution is 7.78. The predicted molar refractivity (Wildman–Crippen MR) is 156 cm³/mol. The van der Waals surface area contributed by atoms with E-state index in [2.05, 4.69) is 73.4 Å². The molecular formula is C25H53N9O2S. The van der Waals surface area contributed by atoms with Gasteiger partial charge in [0, 0.05) is 83.7 Å². The van der Waals surface area contributed by atoms with E-state index in [9.17, 15) is 9.59 Å². The summed E-state index contributed by atoms with van der Waals surface area (Å²) in [5.74, 6) is -0.0645. The van der Waals surface area contributed by atoms with Gasteiger partial charge < -0.3 is 43.0 Å². The Bertz CT molecular complexity index is 621. The average Bonchev–Trinajstić information content (AvgIpc) is 2.88. The molecule has 0 bridgehead atoms. The van der Waals surface area contributed by atoms with E-state index in [1.807, 2.05) is 0 Å². The molecule has 2 amide bonds. The van der Waals surface area contributed by atoms with Crippen LogP contribution in [0.2, 0.25) is 0 Å². The van der Waals surface area contributed by atoms with Gasteiger partial charge in [0.2, 0.25) is 11.8 Å². The molecule has 0 aliphatic rings. The SMILES string of the molecule is CCNC[C@@](C)(CNCCNCCCN)CNCCNCCNC(=O)CCCC(=O)NCCCN=C=S. The van der Waals surface area contributed by atoms with E-state index in [0.717, 1.165) is 78.3 Å². The van der Waals surface area contributed by atoms with Gasteiger partial charge in [-0.3, -0.25) is 9.59 Å². The van der Waals surface area contributed by atoms with Crippen LogP contribution in [0.3, 0.4) is 0 Å². The summed E-state index contributed by atoms with van der Waals surface area (Å²) in [5, 5.41) is 25.3. The topological polar surface area (TPSA) is 157 Å². The number of nitrogens with two attached hydrogens (primary N) is 1. The molecule has 0 aliphatic heterocycles. The number of carbonyl (C=O) groups is 2. The number of nitrogens with one attached hydrogen (secondary N) is 7. The van der Waals surface area contributed by atoms with Crippen molar-refractivity contribution in [3.63, 3.8) is 0 Å². The second kappa shape index (κ2) is 26.1. The highest BCUT2D eigenvalue weighted by Crippen LogP contribution is 2.12. The summed E-state index contributed by atoms with van der Waals surface area (Å²) in [6, 6.07) is 0. The van der Waals surface area contributed by atoms with Crippen molar-refractivity contribution in [2.24, 2.45) is 16.1 Å². The molecule has 216 valence electrons. The molecule has 12 heteroatoms. The van der Waals surface area contributed by atoms with Crippen molar-refractivity contribution in [3.05, 3.63) is 0 Å². The molecule has 37 heavy (non-hydrogen) atoms. The minimum absolute atomic E-state index is 0.0238. The molecule has 0 unspecified atom stereocenters. The zero-order chi connectivity index (χ0) is 27.5. The summed E-state index contributed by atoms with van der Waals surface area (Å²) < 4.78 is 0. The van der Waals surface area contributed by atoms with Crippen molar-refractivity contribution >= 4 is 29.2 Å². The Kier molecular flexibility index (Phi) is 25.1. The van der Waals surface area contributed by atoms with Crippen molar-refractivity contribution in [2.75, 3.05) is 91.6 Å². The maximum atomic E-state index is 11.9. The Morgan fingerprint density at radius 2 is 1.30 bits per heavy atom. The number of nitrogens with zero attached hydrogens (tertiary/aromatic N) is 1. The van der Waals surface area contributed by atoms with Crippen LogP contribution in [0.1, 0.15) is 46.0 Å².